The first kappa shape index (κ1) is 45.6. The third kappa shape index (κ3) is 12.3. The maximum atomic E-state index is 9.39. The van der Waals surface area contributed by atoms with Gasteiger partial charge in [-0.3, -0.25) is 5.32 Å². The van der Waals surface area contributed by atoms with Gasteiger partial charge in [-0.1, -0.05) is 91.0 Å². The zero-order chi connectivity index (χ0) is 40.8. The molecule has 304 valence electrons. The van der Waals surface area contributed by atoms with Crippen molar-refractivity contribution in [1.29, 1.82) is 10.5 Å². The van der Waals surface area contributed by atoms with Gasteiger partial charge in [0.1, 0.15) is 15.7 Å². The number of benzene rings is 3. The summed E-state index contributed by atoms with van der Waals surface area (Å²) in [4.78, 5) is 0. The lowest BCUT2D eigenvalue weighted by Gasteiger charge is -2.40. The summed E-state index contributed by atoms with van der Waals surface area (Å²) in [5.74, 6) is 0. The van der Waals surface area contributed by atoms with Crippen molar-refractivity contribution in [3.8, 4) is 12.1 Å². The number of nitriles is 2. The van der Waals surface area contributed by atoms with E-state index in [2.05, 4.69) is 136 Å². The fraction of sp³-hybridized carbons (Fsp3) is 0.512. The minimum atomic E-state index is -3.19. The minimum Gasteiger partial charge on any atom is -0.380 e. The van der Waals surface area contributed by atoms with E-state index in [-0.39, 0.29) is 87.7 Å². The summed E-state index contributed by atoms with van der Waals surface area (Å²) in [7, 11) is 2.65. The highest BCUT2D eigenvalue weighted by Gasteiger charge is 2.44. The molecule has 0 radical (unpaired) electrons. The summed E-state index contributed by atoms with van der Waals surface area (Å²) in [6.07, 6.45) is 1.15. The Morgan fingerprint density at radius 1 is 0.754 bits per heavy atom. The van der Waals surface area contributed by atoms with E-state index in [1.165, 1.54) is 0 Å². The topological polar surface area (TPSA) is 130 Å². The van der Waals surface area contributed by atoms with E-state index in [1.807, 2.05) is 26.0 Å². The molecular weight excluding hydrogens is 774 g/mol. The van der Waals surface area contributed by atoms with Crippen LogP contribution in [0.4, 0.5) is 0 Å². The lowest BCUT2D eigenvalue weighted by atomic mass is 9.76. The molecule has 0 amide bonds. The highest BCUT2D eigenvalue weighted by atomic mass is 32.5. The van der Waals surface area contributed by atoms with Gasteiger partial charge in [0.15, 0.2) is 0 Å². The summed E-state index contributed by atoms with van der Waals surface area (Å²) in [6.45, 7) is 6.08. The largest absolute Gasteiger partial charge is 0.380 e. The molecule has 2 N–H and O–H groups in total. The van der Waals surface area contributed by atoms with Crippen LogP contribution in [0.1, 0.15) is 70.1 Å². The number of rotatable bonds is 22. The summed E-state index contributed by atoms with van der Waals surface area (Å²) in [6, 6.07) is 35.8. The molecule has 11 nitrogen and oxygen atoms in total. The normalized spacial score (nSPS) is 24.0. The highest BCUT2D eigenvalue weighted by Crippen LogP contribution is 2.49. The average Bonchev–Trinajstić information content (AvgIpc) is 3.74. The second-order valence-electron chi connectivity index (χ2n) is 15.2. The van der Waals surface area contributed by atoms with Crippen LogP contribution in [-0.4, -0.2) is 95.2 Å². The van der Waals surface area contributed by atoms with Gasteiger partial charge in [0, 0.05) is 36.2 Å². The number of ether oxygens (including phenoxy) is 2. The average molecular weight is 832 g/mol. The summed E-state index contributed by atoms with van der Waals surface area (Å²) in [5.41, 5.74) is 2.65. The molecule has 0 spiro atoms. The smallest absolute Gasteiger partial charge is 0.261 e. The van der Waals surface area contributed by atoms with E-state index >= 15 is 0 Å². The Morgan fingerprint density at radius 2 is 1.23 bits per heavy atom. The molecule has 2 fully saturated rings. The summed E-state index contributed by atoms with van der Waals surface area (Å²) in [5, 5.41) is 26.2. The van der Waals surface area contributed by atoms with Crippen LogP contribution in [0.2, 0.25) is 0 Å². The van der Waals surface area contributed by atoms with Crippen LogP contribution in [0.5, 0.6) is 0 Å². The molecule has 8 atom stereocenters. The van der Waals surface area contributed by atoms with Gasteiger partial charge in [0.2, 0.25) is 0 Å². The molecule has 4 unspecified atom stereocenters. The first-order valence-electron chi connectivity index (χ1n) is 20.0. The van der Waals surface area contributed by atoms with E-state index in [4.69, 9.17) is 44.6 Å². The van der Waals surface area contributed by atoms with Gasteiger partial charge in [-0.25, -0.2) is 9.76 Å². The Hall–Kier alpha value is -2.51. The standard InChI is InChI=1S/C41H57B2N5O6P2S/c1-30(2)48(31(3)4)55(49-24-14-22-44)50-28-37-36(27-40(43)53-37)47-56(57,51-25-15-23-45)52-29-38-35(26-39(42)54-38)46-41(32-16-8-5-9-17-32,33-18-10-6-11-19-33)34-20-12-7-13-21-34/h5-13,16-21,30-31,35-40,46H,14-15,24-29,42-43H2,1-4H3,(H,47,57)/t35-,36-,37?,38?,39-,40-,55?,56?/m1/s1. The van der Waals surface area contributed by atoms with Crippen molar-refractivity contribution in [2.75, 3.05) is 26.4 Å². The monoisotopic (exact) mass is 831 g/mol. The predicted octanol–water partition coefficient (Wildman–Crippen LogP) is 5.86. The first-order chi connectivity index (χ1) is 27.5. The Bertz CT molecular complexity index is 1690. The van der Waals surface area contributed by atoms with Gasteiger partial charge >= 0.3 is 0 Å². The number of nitrogens with one attached hydrogen (secondary N) is 2. The van der Waals surface area contributed by atoms with E-state index in [0.717, 1.165) is 23.1 Å². The Kier molecular flexibility index (Phi) is 17.7. The van der Waals surface area contributed by atoms with Gasteiger partial charge in [-0.2, -0.15) is 10.5 Å². The van der Waals surface area contributed by atoms with E-state index < -0.39 is 20.7 Å². The number of hydrogen-bond donors (Lipinski definition) is 2. The van der Waals surface area contributed by atoms with Crippen molar-refractivity contribution in [1.82, 2.24) is 15.1 Å². The maximum Gasteiger partial charge on any atom is 0.261 e. The summed E-state index contributed by atoms with van der Waals surface area (Å²) >= 11 is 6.22. The Morgan fingerprint density at radius 3 is 1.72 bits per heavy atom. The molecule has 0 aliphatic carbocycles. The molecule has 0 aromatic heterocycles. The maximum absolute atomic E-state index is 9.39. The van der Waals surface area contributed by atoms with Crippen molar-refractivity contribution in [2.24, 2.45) is 0 Å². The van der Waals surface area contributed by atoms with Crippen LogP contribution in [0, 0.1) is 22.7 Å². The zero-order valence-electron chi connectivity index (χ0n) is 34.0. The van der Waals surface area contributed by atoms with E-state index in [1.54, 1.807) is 0 Å². The molecular formula is C41H57B2N5O6P2S. The van der Waals surface area contributed by atoms with Crippen molar-refractivity contribution in [3.05, 3.63) is 108 Å². The first-order valence-corrected chi connectivity index (χ1v) is 23.8. The number of nitrogens with zero attached hydrogens (tertiary/aromatic N) is 3. The fourth-order valence-corrected chi connectivity index (χ4v) is 11.8. The Labute approximate surface area is 348 Å². The van der Waals surface area contributed by atoms with Crippen molar-refractivity contribution < 1.29 is 27.6 Å². The lowest BCUT2D eigenvalue weighted by Crippen LogP contribution is -2.53. The summed E-state index contributed by atoms with van der Waals surface area (Å²) < 4.78 is 40.8. The van der Waals surface area contributed by atoms with Crippen LogP contribution in [0.25, 0.3) is 0 Å². The van der Waals surface area contributed by atoms with Gasteiger partial charge in [-0.05, 0) is 69.0 Å². The second kappa shape index (κ2) is 22.2. The zero-order valence-corrected chi connectivity index (χ0v) is 36.6. The fourth-order valence-electron chi connectivity index (χ4n) is 7.76. The molecule has 0 saturated carbocycles. The molecule has 3 aromatic carbocycles. The quantitative estimate of drug-likeness (QED) is 0.0545. The van der Waals surface area contributed by atoms with Crippen molar-refractivity contribution in [3.63, 3.8) is 0 Å². The number of hydrogen-bond acceptors (Lipinski definition) is 11. The van der Waals surface area contributed by atoms with Gasteiger partial charge in [-0.15, -0.1) is 0 Å². The molecule has 3 aromatic rings. The van der Waals surface area contributed by atoms with Gasteiger partial charge in [0.05, 0.1) is 69.2 Å². The van der Waals surface area contributed by atoms with Crippen molar-refractivity contribution >= 4 is 42.7 Å². The molecule has 2 aliphatic rings. The minimum absolute atomic E-state index is 0.0337. The molecule has 5 rings (SSSR count). The predicted molar refractivity (Wildman–Crippen MR) is 234 cm³/mol. The molecule has 57 heavy (non-hydrogen) atoms. The van der Waals surface area contributed by atoms with Crippen LogP contribution in [0.15, 0.2) is 91.0 Å². The Balaban J connectivity index is 1.37. The van der Waals surface area contributed by atoms with Crippen molar-refractivity contribution in [2.45, 2.75) is 107 Å². The van der Waals surface area contributed by atoms with Crippen LogP contribution in [-0.2, 0) is 44.9 Å². The second-order valence-corrected chi connectivity index (χ2v) is 19.8. The SMILES string of the molecule is B[C@H]1C[C@@H](NC(c2ccccc2)(c2ccccc2)c2ccccc2)C(COP(=S)(N[C@@H]2C[C@H](B)OC2COP(OCCC#N)N(C(C)C)C(C)C)OCCC#N)O1. The third-order valence-corrected chi connectivity index (χ3v) is 14.8. The van der Waals surface area contributed by atoms with E-state index in [0.29, 0.717) is 6.42 Å². The molecule has 2 saturated heterocycles. The lowest BCUT2D eigenvalue weighted by molar-refractivity contribution is 0.0305. The highest BCUT2D eigenvalue weighted by molar-refractivity contribution is 8.09. The molecule has 0 bridgehead atoms. The molecule has 2 heterocycles. The molecule has 16 heteroatoms. The van der Waals surface area contributed by atoms with Gasteiger partial charge in [0.25, 0.3) is 15.2 Å². The van der Waals surface area contributed by atoms with E-state index in [9.17, 15) is 5.26 Å². The van der Waals surface area contributed by atoms with Crippen LogP contribution in [0.3, 0.4) is 0 Å². The third-order valence-electron chi connectivity index (χ3n) is 10.1. The van der Waals surface area contributed by atoms with Gasteiger partial charge < -0.3 is 27.6 Å². The molecule has 2 aliphatic heterocycles. The van der Waals surface area contributed by atoms with Crippen LogP contribution < -0.4 is 10.4 Å². The van der Waals surface area contributed by atoms with Crippen LogP contribution >= 0.6 is 15.2 Å².